The van der Waals surface area contributed by atoms with Gasteiger partial charge in [-0.15, -0.1) is 0 Å². The topological polar surface area (TPSA) is 86.8 Å². The largest absolute Gasteiger partial charge is 0.343 e. The Morgan fingerprint density at radius 1 is 1.05 bits per heavy atom. The van der Waals surface area contributed by atoms with Crippen LogP contribution in [0, 0.1) is 0 Å². The first-order valence-corrected chi connectivity index (χ1v) is 6.58. The van der Waals surface area contributed by atoms with Gasteiger partial charge in [0.1, 0.15) is 0 Å². The summed E-state index contributed by atoms with van der Waals surface area (Å²) in [5, 5.41) is 3.81. The van der Waals surface area contributed by atoms with Crippen molar-refractivity contribution in [1.82, 2.24) is 15.3 Å². The van der Waals surface area contributed by atoms with Crippen molar-refractivity contribution >= 4 is 39.7 Å². The minimum absolute atomic E-state index is 0.00267. The van der Waals surface area contributed by atoms with Gasteiger partial charge in [-0.05, 0) is 18.2 Å². The van der Waals surface area contributed by atoms with E-state index >= 15 is 0 Å². The normalized spacial score (nSPS) is 18.4. The van der Waals surface area contributed by atoms with E-state index in [0.29, 0.717) is 4.47 Å². The predicted molar refractivity (Wildman–Crippen MR) is 69.5 cm³/mol. The average molecular weight is 338 g/mol. The molecule has 102 valence electrons. The van der Waals surface area contributed by atoms with E-state index in [0.717, 1.165) is 10.0 Å². The molecular weight excluding hydrogens is 330 g/mol. The monoisotopic (exact) mass is 337 g/mol. The van der Waals surface area contributed by atoms with Gasteiger partial charge in [-0.25, -0.2) is 9.80 Å². The number of carbonyl (C=O) groups excluding carboxylic acids is 4. The second kappa shape index (κ2) is 4.41. The highest BCUT2D eigenvalue weighted by Gasteiger charge is 2.43. The molecule has 2 aliphatic heterocycles. The van der Waals surface area contributed by atoms with Gasteiger partial charge < -0.3 is 0 Å². The van der Waals surface area contributed by atoms with E-state index in [4.69, 9.17) is 0 Å². The Kier molecular flexibility index (Phi) is 2.82. The van der Waals surface area contributed by atoms with Crippen molar-refractivity contribution in [1.29, 1.82) is 0 Å². The molecule has 0 aliphatic carbocycles. The van der Waals surface area contributed by atoms with Gasteiger partial charge in [-0.1, -0.05) is 15.9 Å². The molecule has 20 heavy (non-hydrogen) atoms. The van der Waals surface area contributed by atoms with Crippen molar-refractivity contribution < 1.29 is 19.2 Å². The summed E-state index contributed by atoms with van der Waals surface area (Å²) in [6.45, 7) is -0.00267. The summed E-state index contributed by atoms with van der Waals surface area (Å²) >= 11 is 3.23. The van der Waals surface area contributed by atoms with Crippen LogP contribution in [0.3, 0.4) is 0 Å². The van der Waals surface area contributed by atoms with Crippen molar-refractivity contribution in [2.24, 2.45) is 0 Å². The van der Waals surface area contributed by atoms with Crippen LogP contribution >= 0.6 is 15.9 Å². The molecule has 5 amide bonds. The molecule has 0 bridgehead atoms. The van der Waals surface area contributed by atoms with Crippen LogP contribution in [0.15, 0.2) is 22.7 Å². The Balaban J connectivity index is 1.97. The Labute approximate surface area is 121 Å². The molecule has 0 radical (unpaired) electrons. The third-order valence-electron chi connectivity index (χ3n) is 3.10. The molecule has 1 aromatic rings. The second-order valence-corrected chi connectivity index (χ2v) is 5.25. The molecule has 2 aliphatic rings. The number of urea groups is 1. The SMILES string of the molecule is O=C1CCN(N2C(=O)c3ccc(Br)cc3C2=O)C(=O)N1. The summed E-state index contributed by atoms with van der Waals surface area (Å²) in [4.78, 5) is 47.3. The molecule has 0 atom stereocenters. The first kappa shape index (κ1) is 12.8. The van der Waals surface area contributed by atoms with Crippen molar-refractivity contribution in [2.75, 3.05) is 6.54 Å². The average Bonchev–Trinajstić information content (AvgIpc) is 2.63. The number of imide groups is 2. The van der Waals surface area contributed by atoms with E-state index in [1.165, 1.54) is 12.1 Å². The lowest BCUT2D eigenvalue weighted by Gasteiger charge is -2.32. The Hall–Kier alpha value is -2.22. The molecule has 1 fully saturated rings. The Morgan fingerprint density at radius 3 is 2.45 bits per heavy atom. The lowest BCUT2D eigenvalue weighted by molar-refractivity contribution is -0.122. The van der Waals surface area contributed by atoms with Crippen molar-refractivity contribution in [3.63, 3.8) is 0 Å². The maximum absolute atomic E-state index is 12.3. The molecule has 7 nitrogen and oxygen atoms in total. The summed E-state index contributed by atoms with van der Waals surface area (Å²) in [5.74, 6) is -1.57. The van der Waals surface area contributed by atoms with E-state index in [2.05, 4.69) is 21.2 Å². The molecule has 0 aromatic heterocycles. The number of amides is 5. The number of carbonyl (C=O) groups is 4. The van der Waals surface area contributed by atoms with E-state index < -0.39 is 23.8 Å². The molecule has 1 saturated heterocycles. The highest BCUT2D eigenvalue weighted by atomic mass is 79.9. The number of halogens is 1. The molecule has 1 aromatic carbocycles. The lowest BCUT2D eigenvalue weighted by Crippen LogP contribution is -2.58. The Bertz CT molecular complexity index is 673. The van der Waals surface area contributed by atoms with Crippen LogP contribution in [-0.4, -0.2) is 40.3 Å². The number of hydrogen-bond donors (Lipinski definition) is 1. The molecule has 3 rings (SSSR count). The molecule has 8 heteroatoms. The third-order valence-corrected chi connectivity index (χ3v) is 3.59. The fraction of sp³-hybridized carbons (Fsp3) is 0.167. The van der Waals surface area contributed by atoms with Crippen molar-refractivity contribution in [3.05, 3.63) is 33.8 Å². The van der Waals surface area contributed by atoms with E-state index in [9.17, 15) is 19.2 Å². The number of nitrogens with one attached hydrogen (secondary N) is 1. The second-order valence-electron chi connectivity index (χ2n) is 4.34. The lowest BCUT2D eigenvalue weighted by atomic mass is 10.1. The summed E-state index contributed by atoms with van der Waals surface area (Å²) in [6.07, 6.45) is 0.0445. The number of benzene rings is 1. The quantitative estimate of drug-likeness (QED) is 0.771. The van der Waals surface area contributed by atoms with Crippen LogP contribution in [0.1, 0.15) is 27.1 Å². The van der Waals surface area contributed by atoms with Crippen LogP contribution < -0.4 is 5.32 Å². The van der Waals surface area contributed by atoms with E-state index in [-0.39, 0.29) is 24.1 Å². The van der Waals surface area contributed by atoms with Gasteiger partial charge in [-0.2, -0.15) is 5.01 Å². The van der Waals surface area contributed by atoms with Crippen molar-refractivity contribution in [2.45, 2.75) is 6.42 Å². The number of hydrogen-bond acceptors (Lipinski definition) is 4. The summed E-state index contributed by atoms with van der Waals surface area (Å²) in [6, 6.07) is 3.93. The molecule has 0 spiro atoms. The number of nitrogens with zero attached hydrogens (tertiary/aromatic N) is 2. The van der Waals surface area contributed by atoms with E-state index in [1.54, 1.807) is 6.07 Å². The maximum Gasteiger partial charge on any atom is 0.343 e. The minimum atomic E-state index is -0.769. The Morgan fingerprint density at radius 2 is 1.75 bits per heavy atom. The summed E-state index contributed by atoms with van der Waals surface area (Å²) < 4.78 is 0.664. The van der Waals surface area contributed by atoms with Crippen LogP contribution in [-0.2, 0) is 4.79 Å². The van der Waals surface area contributed by atoms with Gasteiger partial charge >= 0.3 is 6.03 Å². The van der Waals surface area contributed by atoms with Gasteiger partial charge in [0.05, 0.1) is 17.7 Å². The zero-order chi connectivity index (χ0) is 14.4. The summed E-state index contributed by atoms with van der Waals surface area (Å²) in [7, 11) is 0. The highest BCUT2D eigenvalue weighted by molar-refractivity contribution is 9.10. The highest BCUT2D eigenvalue weighted by Crippen LogP contribution is 2.27. The molecule has 2 heterocycles. The van der Waals surface area contributed by atoms with Crippen LogP contribution in [0.4, 0.5) is 4.79 Å². The van der Waals surface area contributed by atoms with Gasteiger partial charge in [-0.3, -0.25) is 19.7 Å². The van der Waals surface area contributed by atoms with Crippen LogP contribution in [0.5, 0.6) is 0 Å². The number of rotatable bonds is 1. The zero-order valence-corrected chi connectivity index (χ0v) is 11.6. The van der Waals surface area contributed by atoms with Crippen LogP contribution in [0.2, 0.25) is 0 Å². The smallest absolute Gasteiger partial charge is 0.276 e. The van der Waals surface area contributed by atoms with Gasteiger partial charge in [0.25, 0.3) is 11.8 Å². The number of fused-ring (bicyclic) bond motifs is 1. The standard InChI is InChI=1S/C12H8BrN3O4/c13-6-1-2-7-8(5-6)11(19)16(10(7)18)15-4-3-9(17)14-12(15)20/h1-2,5H,3-4H2,(H,14,17,20). The van der Waals surface area contributed by atoms with E-state index in [1.807, 2.05) is 0 Å². The first-order valence-electron chi connectivity index (χ1n) is 5.78. The fourth-order valence-corrected chi connectivity index (χ4v) is 2.53. The first-order chi connectivity index (χ1) is 9.49. The summed E-state index contributed by atoms with van der Waals surface area (Å²) in [5.41, 5.74) is 0.469. The van der Waals surface area contributed by atoms with Crippen LogP contribution in [0.25, 0.3) is 0 Å². The zero-order valence-electron chi connectivity index (χ0n) is 10.1. The maximum atomic E-state index is 12.3. The molecule has 1 N–H and O–H groups in total. The van der Waals surface area contributed by atoms with Gasteiger partial charge in [0.15, 0.2) is 0 Å². The van der Waals surface area contributed by atoms with Gasteiger partial charge in [0, 0.05) is 10.9 Å². The van der Waals surface area contributed by atoms with Crippen molar-refractivity contribution in [3.8, 4) is 0 Å². The van der Waals surface area contributed by atoms with Gasteiger partial charge in [0.2, 0.25) is 5.91 Å². The number of hydrazine groups is 1. The predicted octanol–water partition coefficient (Wildman–Crippen LogP) is 0.902. The fourth-order valence-electron chi connectivity index (χ4n) is 2.17. The molecule has 0 saturated carbocycles. The molecule has 0 unspecified atom stereocenters. The third kappa shape index (κ3) is 1.80. The minimum Gasteiger partial charge on any atom is -0.276 e. The molecular formula is C12H8BrN3O4.